The Morgan fingerprint density at radius 3 is 2.61 bits per heavy atom. The van der Waals surface area contributed by atoms with E-state index in [1.54, 1.807) is 17.7 Å². The minimum absolute atomic E-state index is 0.109. The summed E-state index contributed by atoms with van der Waals surface area (Å²) in [5, 5.41) is 28.0. The molecule has 0 N–H and O–H groups in total. The number of benzene rings is 2. The molecule has 0 bridgehead atoms. The van der Waals surface area contributed by atoms with Crippen LogP contribution in [0.5, 0.6) is 0 Å². The number of hydrogen-bond donors (Lipinski definition) is 0. The number of thioether (sulfide) groups is 1. The third-order valence-corrected chi connectivity index (χ3v) is 5.26. The van der Waals surface area contributed by atoms with Crippen molar-refractivity contribution in [2.45, 2.75) is 17.3 Å². The molecule has 0 fully saturated rings. The van der Waals surface area contributed by atoms with Gasteiger partial charge in [0.25, 0.3) is 11.6 Å². The molecule has 0 radical (unpaired) electrons. The lowest BCUT2D eigenvalue weighted by Gasteiger charge is -2.13. The summed E-state index contributed by atoms with van der Waals surface area (Å²) in [5.41, 5.74) is 1.56. The largest absolute Gasteiger partial charge is 0.271 e. The average molecular weight is 395 g/mol. The van der Waals surface area contributed by atoms with Crippen LogP contribution in [0.2, 0.25) is 0 Å². The smallest absolute Gasteiger partial charge is 0.271 e. The number of nitro groups is 1. The molecule has 140 valence electrons. The van der Waals surface area contributed by atoms with Crippen molar-refractivity contribution in [3.05, 3.63) is 64.7 Å². The highest BCUT2D eigenvalue weighted by Crippen LogP contribution is 2.32. The first-order valence-electron chi connectivity index (χ1n) is 8.18. The van der Waals surface area contributed by atoms with Crippen LogP contribution >= 0.6 is 11.8 Å². The fourth-order valence-corrected chi connectivity index (χ4v) is 3.65. The van der Waals surface area contributed by atoms with E-state index < -0.39 is 10.2 Å². The molecule has 4 rings (SSSR count). The maximum Gasteiger partial charge on any atom is 0.271 e. The molecule has 0 saturated carbocycles. The van der Waals surface area contributed by atoms with Gasteiger partial charge in [0.05, 0.1) is 22.0 Å². The Balaban J connectivity index is 1.60. The lowest BCUT2D eigenvalue weighted by Crippen LogP contribution is -2.29. The molecule has 2 heterocycles. The Bertz CT molecular complexity index is 1080. The molecule has 0 saturated heterocycles. The summed E-state index contributed by atoms with van der Waals surface area (Å²) in [4.78, 5) is 23.4. The first-order chi connectivity index (χ1) is 13.5. The molecular weight excluding hydrogens is 382 g/mol. The van der Waals surface area contributed by atoms with E-state index in [9.17, 15) is 14.9 Å². The molecule has 11 heteroatoms. The normalized spacial score (nSPS) is 16.3. The number of anilines is 1. The first-order valence-corrected chi connectivity index (χ1v) is 9.06. The maximum atomic E-state index is 12.9. The predicted molar refractivity (Wildman–Crippen MR) is 102 cm³/mol. The van der Waals surface area contributed by atoms with Crippen LogP contribution in [0.1, 0.15) is 6.92 Å². The summed E-state index contributed by atoms with van der Waals surface area (Å²) in [6, 6.07) is 15.1. The first kappa shape index (κ1) is 17.8. The van der Waals surface area contributed by atoms with Crippen LogP contribution in [0.25, 0.3) is 5.69 Å². The summed E-state index contributed by atoms with van der Waals surface area (Å²) in [7, 11) is 0. The van der Waals surface area contributed by atoms with Crippen molar-refractivity contribution >= 4 is 34.8 Å². The summed E-state index contributed by atoms with van der Waals surface area (Å²) in [6.07, 6.45) is 0. The molecule has 1 aliphatic heterocycles. The highest BCUT2D eigenvalue weighted by Gasteiger charge is 2.37. The number of carbonyl (C=O) groups excluding carboxylic acids is 1. The van der Waals surface area contributed by atoms with Crippen molar-refractivity contribution in [2.24, 2.45) is 5.10 Å². The number of amides is 1. The zero-order valence-electron chi connectivity index (χ0n) is 14.5. The fourth-order valence-electron chi connectivity index (χ4n) is 2.70. The molecule has 10 nitrogen and oxygen atoms in total. The fraction of sp³-hybridized carbons (Fsp3) is 0.118. The maximum absolute atomic E-state index is 12.9. The molecule has 2 aromatic carbocycles. The van der Waals surface area contributed by atoms with Gasteiger partial charge in [-0.3, -0.25) is 14.9 Å². The number of para-hydroxylation sites is 1. The number of aromatic nitrogens is 4. The summed E-state index contributed by atoms with van der Waals surface area (Å²) in [6.45, 7) is 1.73. The van der Waals surface area contributed by atoms with E-state index in [-0.39, 0.29) is 11.6 Å². The lowest BCUT2D eigenvalue weighted by molar-refractivity contribution is -0.384. The van der Waals surface area contributed by atoms with E-state index >= 15 is 0 Å². The standard InChI is InChI=1S/C17H13N7O3S/c1-11-15(28-17-18-20-21-23(17)12-6-3-2-4-7-12)16(25)22(19-11)13-8-5-9-14(10-13)24(26)27/h2-10,15H,1H3/t15-/m1/s1. The van der Waals surface area contributed by atoms with Gasteiger partial charge in [-0.05, 0) is 35.5 Å². The number of nitro benzene ring substituents is 1. The number of rotatable bonds is 5. The Kier molecular flexibility index (Phi) is 4.57. The molecule has 0 aliphatic carbocycles. The van der Waals surface area contributed by atoms with Gasteiger partial charge in [0.1, 0.15) is 5.25 Å². The Labute approximate surface area is 163 Å². The number of tetrazole rings is 1. The van der Waals surface area contributed by atoms with Crippen LogP contribution in [0, 0.1) is 10.1 Å². The molecule has 1 aliphatic rings. The van der Waals surface area contributed by atoms with Crippen molar-refractivity contribution in [3.63, 3.8) is 0 Å². The SMILES string of the molecule is CC1=NN(c2cccc([N+](=O)[O-])c2)C(=O)[C@@H]1Sc1nnnn1-c1ccccc1. The topological polar surface area (TPSA) is 119 Å². The highest BCUT2D eigenvalue weighted by molar-refractivity contribution is 8.01. The molecule has 1 aromatic heterocycles. The third-order valence-electron chi connectivity index (χ3n) is 4.02. The number of hydrogen-bond acceptors (Lipinski definition) is 8. The van der Waals surface area contributed by atoms with Gasteiger partial charge in [-0.2, -0.15) is 14.8 Å². The molecule has 0 spiro atoms. The second-order valence-electron chi connectivity index (χ2n) is 5.88. The van der Waals surface area contributed by atoms with Crippen LogP contribution < -0.4 is 5.01 Å². The minimum atomic E-state index is -0.632. The number of carbonyl (C=O) groups is 1. The molecule has 28 heavy (non-hydrogen) atoms. The van der Waals surface area contributed by atoms with E-state index in [4.69, 9.17) is 0 Å². The molecule has 0 unspecified atom stereocenters. The Morgan fingerprint density at radius 2 is 1.86 bits per heavy atom. The number of non-ortho nitro benzene ring substituents is 1. The van der Waals surface area contributed by atoms with E-state index in [1.807, 2.05) is 30.3 Å². The summed E-state index contributed by atoms with van der Waals surface area (Å²) in [5.74, 6) is -0.314. The van der Waals surface area contributed by atoms with E-state index in [0.717, 1.165) is 5.69 Å². The van der Waals surface area contributed by atoms with Gasteiger partial charge in [-0.25, -0.2) is 0 Å². The highest BCUT2D eigenvalue weighted by atomic mass is 32.2. The van der Waals surface area contributed by atoms with Crippen LogP contribution in [-0.2, 0) is 4.79 Å². The Morgan fingerprint density at radius 1 is 1.11 bits per heavy atom. The zero-order valence-corrected chi connectivity index (χ0v) is 15.4. The van der Waals surface area contributed by atoms with Gasteiger partial charge >= 0.3 is 0 Å². The van der Waals surface area contributed by atoms with Crippen LogP contribution in [0.4, 0.5) is 11.4 Å². The van der Waals surface area contributed by atoms with Crippen molar-refractivity contribution in [2.75, 3.05) is 5.01 Å². The summed E-state index contributed by atoms with van der Waals surface area (Å²) < 4.78 is 1.54. The van der Waals surface area contributed by atoms with Gasteiger partial charge in [-0.1, -0.05) is 36.0 Å². The monoisotopic (exact) mass is 395 g/mol. The quantitative estimate of drug-likeness (QED) is 0.481. The molecule has 3 aromatic rings. The van der Waals surface area contributed by atoms with Gasteiger partial charge in [-0.15, -0.1) is 5.10 Å². The van der Waals surface area contributed by atoms with Crippen molar-refractivity contribution in [3.8, 4) is 5.69 Å². The van der Waals surface area contributed by atoms with Crippen LogP contribution in [-0.4, -0.2) is 42.0 Å². The average Bonchev–Trinajstić information content (AvgIpc) is 3.29. The van der Waals surface area contributed by atoms with Crippen LogP contribution in [0.3, 0.4) is 0 Å². The van der Waals surface area contributed by atoms with Gasteiger partial charge in [0.15, 0.2) is 0 Å². The number of hydrazone groups is 1. The zero-order chi connectivity index (χ0) is 19.7. The van der Waals surface area contributed by atoms with E-state index in [1.165, 1.54) is 35.0 Å². The van der Waals surface area contributed by atoms with Crippen LogP contribution in [0.15, 0.2) is 64.9 Å². The molecule has 1 amide bonds. The van der Waals surface area contributed by atoms with Crippen molar-refractivity contribution in [1.29, 1.82) is 0 Å². The van der Waals surface area contributed by atoms with E-state index in [2.05, 4.69) is 20.6 Å². The van der Waals surface area contributed by atoms with Gasteiger partial charge in [0.2, 0.25) is 5.16 Å². The minimum Gasteiger partial charge on any atom is -0.271 e. The van der Waals surface area contributed by atoms with Gasteiger partial charge in [0, 0.05) is 12.1 Å². The molecule has 1 atom stereocenters. The second kappa shape index (κ2) is 7.19. The Hall–Kier alpha value is -3.60. The van der Waals surface area contributed by atoms with Crippen molar-refractivity contribution < 1.29 is 9.72 Å². The number of nitrogens with zero attached hydrogens (tertiary/aromatic N) is 7. The molecular formula is C17H13N7O3S. The van der Waals surface area contributed by atoms with E-state index in [0.29, 0.717) is 16.6 Å². The third kappa shape index (κ3) is 3.22. The van der Waals surface area contributed by atoms with Crippen molar-refractivity contribution in [1.82, 2.24) is 20.2 Å². The summed E-state index contributed by atoms with van der Waals surface area (Å²) >= 11 is 1.18. The predicted octanol–water partition coefficient (Wildman–Crippen LogP) is 2.45. The lowest BCUT2D eigenvalue weighted by atomic mass is 10.2. The van der Waals surface area contributed by atoms with Gasteiger partial charge < -0.3 is 0 Å². The second-order valence-corrected chi connectivity index (χ2v) is 6.95.